The number of allylic oxidation sites excluding steroid dienone is 1. The van der Waals surface area contributed by atoms with Gasteiger partial charge in [-0.2, -0.15) is 0 Å². The molecule has 0 N–H and O–H groups in total. The Bertz CT molecular complexity index is 866. The molecule has 0 aliphatic carbocycles. The minimum Gasteiger partial charge on any atom is -0.0622 e. The lowest BCUT2D eigenvalue weighted by Gasteiger charge is -2.16. The first-order valence-electron chi connectivity index (χ1n) is 8.47. The molecule has 0 saturated carbocycles. The van der Waals surface area contributed by atoms with Crippen LogP contribution in [0.25, 0.3) is 11.1 Å². The van der Waals surface area contributed by atoms with Gasteiger partial charge in [0.05, 0.1) is 0 Å². The lowest BCUT2D eigenvalue weighted by atomic mass is 9.89. The molecule has 24 heavy (non-hydrogen) atoms. The van der Waals surface area contributed by atoms with E-state index in [1.54, 1.807) is 0 Å². The molecular formula is C24H24. The van der Waals surface area contributed by atoms with Gasteiger partial charge in [-0.1, -0.05) is 78.4 Å². The highest BCUT2D eigenvalue weighted by Crippen LogP contribution is 2.33. The molecule has 0 saturated heterocycles. The zero-order valence-electron chi connectivity index (χ0n) is 14.9. The molecular weight excluding hydrogens is 288 g/mol. The topological polar surface area (TPSA) is 0 Å². The molecule has 0 aliphatic rings. The van der Waals surface area contributed by atoms with E-state index in [0.29, 0.717) is 0 Å². The van der Waals surface area contributed by atoms with Gasteiger partial charge in [-0.05, 0) is 66.7 Å². The summed E-state index contributed by atoms with van der Waals surface area (Å²) in [5.41, 5.74) is 10.4. The second-order valence-corrected chi connectivity index (χ2v) is 6.53. The summed E-state index contributed by atoms with van der Waals surface area (Å²) in [6, 6.07) is 26.2. The van der Waals surface area contributed by atoms with Crippen molar-refractivity contribution in [3.05, 3.63) is 106 Å². The molecule has 0 spiro atoms. The Morgan fingerprint density at radius 3 is 1.83 bits per heavy atom. The molecule has 0 bridgehead atoms. The maximum Gasteiger partial charge on any atom is -0.00761 e. The molecule has 0 atom stereocenters. The summed E-state index contributed by atoms with van der Waals surface area (Å²) in [7, 11) is 0. The Morgan fingerprint density at radius 1 is 0.583 bits per heavy atom. The number of rotatable bonds is 3. The van der Waals surface area contributed by atoms with Crippen LogP contribution in [0.2, 0.25) is 0 Å². The van der Waals surface area contributed by atoms with E-state index in [4.69, 9.17) is 0 Å². The van der Waals surface area contributed by atoms with Gasteiger partial charge in [0.15, 0.2) is 0 Å². The van der Waals surface area contributed by atoms with Gasteiger partial charge in [0.25, 0.3) is 0 Å². The lowest BCUT2D eigenvalue weighted by molar-refractivity contribution is 1.32. The van der Waals surface area contributed by atoms with Crippen molar-refractivity contribution in [3.8, 4) is 0 Å². The van der Waals surface area contributed by atoms with Crippen LogP contribution in [0.5, 0.6) is 0 Å². The van der Waals surface area contributed by atoms with E-state index in [2.05, 4.69) is 100 Å². The number of hydrogen-bond acceptors (Lipinski definition) is 0. The van der Waals surface area contributed by atoms with E-state index in [-0.39, 0.29) is 0 Å². The summed E-state index contributed by atoms with van der Waals surface area (Å²) < 4.78 is 0. The van der Waals surface area contributed by atoms with Crippen molar-refractivity contribution in [2.45, 2.75) is 27.7 Å². The van der Waals surface area contributed by atoms with Crippen LogP contribution in [-0.2, 0) is 0 Å². The number of hydrogen-bond donors (Lipinski definition) is 0. The van der Waals surface area contributed by atoms with E-state index in [0.717, 1.165) is 0 Å². The largest absolute Gasteiger partial charge is 0.0622 e. The van der Waals surface area contributed by atoms with Gasteiger partial charge in [0.2, 0.25) is 0 Å². The van der Waals surface area contributed by atoms with Crippen molar-refractivity contribution in [1.82, 2.24) is 0 Å². The van der Waals surface area contributed by atoms with Gasteiger partial charge in [-0.3, -0.25) is 0 Å². The zero-order chi connectivity index (χ0) is 17.1. The molecule has 0 radical (unpaired) electrons. The molecule has 0 heteroatoms. The van der Waals surface area contributed by atoms with Gasteiger partial charge in [0, 0.05) is 0 Å². The normalized spacial score (nSPS) is 12.0. The highest BCUT2D eigenvalue weighted by Gasteiger charge is 2.11. The Kier molecular flexibility index (Phi) is 4.66. The minimum atomic E-state index is 1.27. The Labute approximate surface area is 145 Å². The van der Waals surface area contributed by atoms with Crippen LogP contribution in [0.3, 0.4) is 0 Å². The summed E-state index contributed by atoms with van der Waals surface area (Å²) in [5.74, 6) is 0. The minimum absolute atomic E-state index is 1.27. The molecule has 120 valence electrons. The molecule has 0 unspecified atom stereocenters. The summed E-state index contributed by atoms with van der Waals surface area (Å²) in [5, 5.41) is 0. The van der Waals surface area contributed by atoms with Crippen LogP contribution in [-0.4, -0.2) is 0 Å². The smallest absolute Gasteiger partial charge is 0.00761 e. The molecule has 0 amide bonds. The standard InChI is InChI=1S/C24H24/c1-17-10-13-22(14-11-17)24(20(4)21-8-6-5-7-9-21)23-15-12-18(2)19(3)16-23/h5-16H,1-4H3/b24-20+. The van der Waals surface area contributed by atoms with Crippen LogP contribution in [0.1, 0.15) is 40.3 Å². The fraction of sp³-hybridized carbons (Fsp3) is 0.167. The van der Waals surface area contributed by atoms with E-state index in [1.165, 1.54) is 44.5 Å². The van der Waals surface area contributed by atoms with Crippen LogP contribution in [0.15, 0.2) is 72.8 Å². The van der Waals surface area contributed by atoms with Crippen molar-refractivity contribution < 1.29 is 0 Å². The molecule has 0 aromatic heterocycles. The summed E-state index contributed by atoms with van der Waals surface area (Å²) in [6.07, 6.45) is 0. The van der Waals surface area contributed by atoms with Crippen LogP contribution >= 0.6 is 0 Å². The average Bonchev–Trinajstić information content (AvgIpc) is 2.60. The van der Waals surface area contributed by atoms with E-state index >= 15 is 0 Å². The molecule has 0 heterocycles. The van der Waals surface area contributed by atoms with Gasteiger partial charge >= 0.3 is 0 Å². The van der Waals surface area contributed by atoms with Crippen LogP contribution in [0.4, 0.5) is 0 Å². The van der Waals surface area contributed by atoms with Crippen molar-refractivity contribution in [2.75, 3.05) is 0 Å². The summed E-state index contributed by atoms with van der Waals surface area (Å²) in [4.78, 5) is 0. The fourth-order valence-electron chi connectivity index (χ4n) is 3.05. The van der Waals surface area contributed by atoms with Crippen molar-refractivity contribution in [1.29, 1.82) is 0 Å². The van der Waals surface area contributed by atoms with E-state index < -0.39 is 0 Å². The van der Waals surface area contributed by atoms with Gasteiger partial charge in [-0.25, -0.2) is 0 Å². The quantitative estimate of drug-likeness (QED) is 0.478. The third-order valence-electron chi connectivity index (χ3n) is 4.72. The first-order valence-corrected chi connectivity index (χ1v) is 8.47. The second-order valence-electron chi connectivity index (χ2n) is 6.53. The monoisotopic (exact) mass is 312 g/mol. The zero-order valence-corrected chi connectivity index (χ0v) is 14.9. The molecule has 3 rings (SSSR count). The van der Waals surface area contributed by atoms with E-state index in [9.17, 15) is 0 Å². The fourth-order valence-corrected chi connectivity index (χ4v) is 3.05. The van der Waals surface area contributed by atoms with E-state index in [1.807, 2.05) is 0 Å². The molecule has 0 fully saturated rings. The Hall–Kier alpha value is -2.60. The van der Waals surface area contributed by atoms with Crippen molar-refractivity contribution in [3.63, 3.8) is 0 Å². The predicted octanol–water partition coefficient (Wildman–Crippen LogP) is 6.59. The third kappa shape index (κ3) is 3.33. The molecule has 3 aromatic carbocycles. The number of aryl methyl sites for hydroxylation is 3. The first kappa shape index (κ1) is 16.3. The molecule has 3 aromatic rings. The van der Waals surface area contributed by atoms with Crippen molar-refractivity contribution >= 4 is 11.1 Å². The van der Waals surface area contributed by atoms with Gasteiger partial charge in [-0.15, -0.1) is 0 Å². The average molecular weight is 312 g/mol. The molecule has 0 nitrogen and oxygen atoms in total. The van der Waals surface area contributed by atoms with Gasteiger partial charge in [0.1, 0.15) is 0 Å². The molecule has 0 aliphatic heterocycles. The Balaban J connectivity index is 2.24. The summed E-state index contributed by atoms with van der Waals surface area (Å²) in [6.45, 7) is 8.70. The highest BCUT2D eigenvalue weighted by molar-refractivity contribution is 5.98. The Morgan fingerprint density at radius 2 is 1.21 bits per heavy atom. The third-order valence-corrected chi connectivity index (χ3v) is 4.72. The first-order chi connectivity index (χ1) is 11.6. The second kappa shape index (κ2) is 6.88. The SMILES string of the molecule is C/C(=C(/c1ccc(C)cc1)c1ccc(C)c(C)c1)c1ccccc1. The predicted molar refractivity (Wildman–Crippen MR) is 105 cm³/mol. The highest BCUT2D eigenvalue weighted by atomic mass is 14.2. The lowest BCUT2D eigenvalue weighted by Crippen LogP contribution is -1.95. The van der Waals surface area contributed by atoms with Crippen LogP contribution < -0.4 is 0 Å². The van der Waals surface area contributed by atoms with Crippen LogP contribution in [0, 0.1) is 20.8 Å². The maximum absolute atomic E-state index is 2.30. The maximum atomic E-state index is 2.30. The number of benzene rings is 3. The van der Waals surface area contributed by atoms with Crippen molar-refractivity contribution in [2.24, 2.45) is 0 Å². The summed E-state index contributed by atoms with van der Waals surface area (Å²) >= 11 is 0. The van der Waals surface area contributed by atoms with Gasteiger partial charge < -0.3 is 0 Å².